The fourth-order valence-electron chi connectivity index (χ4n) is 3.68. The van der Waals surface area contributed by atoms with E-state index in [1.54, 1.807) is 26.0 Å². The van der Waals surface area contributed by atoms with Crippen molar-refractivity contribution in [3.05, 3.63) is 115 Å². The van der Waals surface area contributed by atoms with Crippen molar-refractivity contribution in [3.63, 3.8) is 0 Å². The Morgan fingerprint density at radius 1 is 0.805 bits per heavy atom. The second kappa shape index (κ2) is 12.8. The fraction of sp³-hybridized carbons (Fsp3) is 0.156. The smallest absolute Gasteiger partial charge is 0.479 e. The minimum atomic E-state index is -4.79. The summed E-state index contributed by atoms with van der Waals surface area (Å²) in [5.41, 5.74) is -0.860. The van der Waals surface area contributed by atoms with Crippen molar-refractivity contribution in [2.75, 3.05) is 6.61 Å². The number of halogens is 4. The molecule has 0 aromatic heterocycles. The van der Waals surface area contributed by atoms with Crippen molar-refractivity contribution in [2.45, 2.75) is 40.5 Å². The maximum atomic E-state index is 14.7. The second-order valence-corrected chi connectivity index (χ2v) is 11.1. The van der Waals surface area contributed by atoms with Gasteiger partial charge in [-0.1, -0.05) is 48.2 Å². The maximum Gasteiger partial charge on any atom is 0.573 e. The highest BCUT2D eigenvalue weighted by atomic mass is 32.2. The number of ether oxygens (including phenoxy) is 3. The Balaban J connectivity index is 1.43. The molecule has 0 radical (unpaired) electrons. The zero-order valence-electron chi connectivity index (χ0n) is 22.1. The first-order valence-electron chi connectivity index (χ1n) is 12.4. The lowest BCUT2D eigenvalue weighted by Crippen LogP contribution is -2.29. The average Bonchev–Trinajstić information content (AvgIpc) is 2.93. The lowest BCUT2D eigenvalue weighted by Gasteiger charge is -2.19. The van der Waals surface area contributed by atoms with Crippen LogP contribution in [-0.4, -0.2) is 24.5 Å². The van der Waals surface area contributed by atoms with Gasteiger partial charge in [0.1, 0.15) is 5.75 Å². The summed E-state index contributed by atoms with van der Waals surface area (Å²) in [5.74, 6) is 3.65. The Bertz CT molecular complexity index is 1490. The van der Waals surface area contributed by atoms with E-state index in [2.05, 4.69) is 16.6 Å². The fourth-order valence-corrected chi connectivity index (χ4v) is 5.79. The van der Waals surface area contributed by atoms with Gasteiger partial charge >= 0.3 is 12.3 Å². The van der Waals surface area contributed by atoms with E-state index in [1.165, 1.54) is 18.2 Å². The zero-order chi connectivity index (χ0) is 29.5. The predicted molar refractivity (Wildman–Crippen MR) is 147 cm³/mol. The molecule has 4 aromatic rings. The standard InChI is InChI=1S/C32H25F4O4S/c1-31(2,20-19-23-13-15-24(16-14-23)39-32(34,35)36)40-30(37)22-38-29-21-27(17-18-28(29)33)41(25-9-5-3-6-10-25)26-11-7-4-8-12-26/h3-18,21H,22H2,1-2H3/q+1. The number of carbonyl (C=O) groups is 1. The third-order valence-electron chi connectivity index (χ3n) is 5.41. The summed E-state index contributed by atoms with van der Waals surface area (Å²) in [7, 11) is -0.536. The topological polar surface area (TPSA) is 44.8 Å². The van der Waals surface area contributed by atoms with E-state index in [4.69, 9.17) is 9.47 Å². The van der Waals surface area contributed by atoms with Crippen LogP contribution in [0.1, 0.15) is 19.4 Å². The molecule has 0 atom stereocenters. The quantitative estimate of drug-likeness (QED) is 0.0932. The summed E-state index contributed by atoms with van der Waals surface area (Å²) in [5, 5.41) is 0. The Kier molecular flexibility index (Phi) is 9.25. The van der Waals surface area contributed by atoms with Crippen LogP contribution in [0.4, 0.5) is 17.6 Å². The molecule has 0 fully saturated rings. The van der Waals surface area contributed by atoms with Crippen LogP contribution in [0.2, 0.25) is 0 Å². The monoisotopic (exact) mass is 581 g/mol. The van der Waals surface area contributed by atoms with Crippen molar-refractivity contribution in [1.82, 2.24) is 0 Å². The van der Waals surface area contributed by atoms with Gasteiger partial charge in [-0.05, 0) is 74.5 Å². The van der Waals surface area contributed by atoms with E-state index in [0.717, 1.165) is 26.8 Å². The number of rotatable bonds is 8. The maximum absolute atomic E-state index is 14.7. The summed E-state index contributed by atoms with van der Waals surface area (Å²) in [4.78, 5) is 15.4. The van der Waals surface area contributed by atoms with Gasteiger partial charge in [0.2, 0.25) is 0 Å². The van der Waals surface area contributed by atoms with Crippen LogP contribution >= 0.6 is 0 Å². The molecule has 4 aromatic carbocycles. The molecular formula is C32H25F4O4S+. The Labute approximate surface area is 238 Å². The molecule has 0 aliphatic heterocycles. The summed E-state index contributed by atoms with van der Waals surface area (Å²) in [6, 6.07) is 29.2. The molecule has 0 amide bonds. The minimum absolute atomic E-state index is 0.0890. The molecule has 210 valence electrons. The first-order valence-corrected chi connectivity index (χ1v) is 13.6. The van der Waals surface area contributed by atoms with Gasteiger partial charge in [-0.3, -0.25) is 0 Å². The van der Waals surface area contributed by atoms with Gasteiger partial charge in [0.05, 0.1) is 10.9 Å². The Morgan fingerprint density at radius 3 is 1.95 bits per heavy atom. The highest BCUT2D eigenvalue weighted by Crippen LogP contribution is 2.33. The normalized spacial score (nSPS) is 11.4. The molecule has 0 aliphatic carbocycles. The minimum Gasteiger partial charge on any atom is -0.479 e. The second-order valence-electron chi connectivity index (χ2n) is 9.12. The molecule has 0 unspecified atom stereocenters. The number of carbonyl (C=O) groups excluding carboxylic acids is 1. The molecular weight excluding hydrogens is 556 g/mol. The number of hydrogen-bond acceptors (Lipinski definition) is 4. The SMILES string of the molecule is CC(C)(C#Cc1ccc(OC(F)(F)F)cc1)OC(=O)COc1cc([S+](c2ccccc2)c2ccccc2)ccc1F. The molecule has 0 spiro atoms. The van der Waals surface area contributed by atoms with Crippen LogP contribution in [0.25, 0.3) is 0 Å². The van der Waals surface area contributed by atoms with E-state index < -0.39 is 41.3 Å². The lowest BCUT2D eigenvalue weighted by molar-refractivity contribution is -0.274. The van der Waals surface area contributed by atoms with Crippen LogP contribution in [-0.2, 0) is 20.4 Å². The van der Waals surface area contributed by atoms with Crippen molar-refractivity contribution >= 4 is 16.9 Å². The molecule has 4 nitrogen and oxygen atoms in total. The van der Waals surface area contributed by atoms with Gasteiger partial charge in [-0.2, -0.15) is 0 Å². The van der Waals surface area contributed by atoms with Gasteiger partial charge in [0.15, 0.2) is 38.5 Å². The molecule has 41 heavy (non-hydrogen) atoms. The van der Waals surface area contributed by atoms with Crippen molar-refractivity contribution in [1.29, 1.82) is 0 Å². The van der Waals surface area contributed by atoms with Gasteiger partial charge < -0.3 is 14.2 Å². The molecule has 0 heterocycles. The molecule has 9 heteroatoms. The third kappa shape index (κ3) is 8.78. The number of benzene rings is 4. The molecule has 0 N–H and O–H groups in total. The lowest BCUT2D eigenvalue weighted by atomic mass is 10.1. The van der Waals surface area contributed by atoms with Gasteiger partial charge in [-0.25, -0.2) is 9.18 Å². The van der Waals surface area contributed by atoms with Crippen LogP contribution in [0.3, 0.4) is 0 Å². The largest absolute Gasteiger partial charge is 0.573 e. The van der Waals surface area contributed by atoms with Gasteiger partial charge in [0.25, 0.3) is 0 Å². The molecule has 0 saturated carbocycles. The first-order chi connectivity index (χ1) is 19.5. The summed E-state index contributed by atoms with van der Waals surface area (Å²) >= 11 is 0. The highest BCUT2D eigenvalue weighted by molar-refractivity contribution is 7.97. The van der Waals surface area contributed by atoms with Crippen LogP contribution in [0.15, 0.2) is 118 Å². The van der Waals surface area contributed by atoms with Crippen molar-refractivity contribution in [3.8, 4) is 23.3 Å². The van der Waals surface area contributed by atoms with Gasteiger partial charge in [-0.15, -0.1) is 13.2 Å². The van der Waals surface area contributed by atoms with Gasteiger partial charge in [0, 0.05) is 11.6 Å². The first kappa shape index (κ1) is 29.6. The number of hydrogen-bond donors (Lipinski definition) is 0. The average molecular weight is 582 g/mol. The van der Waals surface area contributed by atoms with Crippen molar-refractivity contribution in [2.24, 2.45) is 0 Å². The summed E-state index contributed by atoms with van der Waals surface area (Å²) < 4.78 is 66.4. The number of esters is 1. The molecule has 0 saturated heterocycles. The highest BCUT2D eigenvalue weighted by Gasteiger charge is 2.31. The van der Waals surface area contributed by atoms with Crippen LogP contribution in [0, 0.1) is 17.7 Å². The van der Waals surface area contributed by atoms with E-state index in [-0.39, 0.29) is 11.5 Å². The molecule has 4 rings (SSSR count). The zero-order valence-corrected chi connectivity index (χ0v) is 22.9. The van der Waals surface area contributed by atoms with Crippen molar-refractivity contribution < 1.29 is 36.6 Å². The third-order valence-corrected chi connectivity index (χ3v) is 7.62. The predicted octanol–water partition coefficient (Wildman–Crippen LogP) is 7.57. The summed E-state index contributed by atoms with van der Waals surface area (Å²) in [6.07, 6.45) is -4.79. The van der Waals surface area contributed by atoms with E-state index in [1.807, 2.05) is 60.7 Å². The van der Waals surface area contributed by atoms with E-state index in [0.29, 0.717) is 5.56 Å². The number of alkyl halides is 3. The Morgan fingerprint density at radius 2 is 1.39 bits per heavy atom. The van der Waals surface area contributed by atoms with Crippen LogP contribution in [0.5, 0.6) is 11.5 Å². The van der Waals surface area contributed by atoms with Crippen LogP contribution < -0.4 is 9.47 Å². The molecule has 0 aliphatic rings. The van der Waals surface area contributed by atoms with E-state index >= 15 is 0 Å². The Hall–Kier alpha value is -4.42. The molecule has 0 bridgehead atoms. The van der Waals surface area contributed by atoms with E-state index in [9.17, 15) is 22.4 Å². The summed E-state index contributed by atoms with van der Waals surface area (Å²) in [6.45, 7) is 2.54.